The standard InChI is InChI=1S/C34H36N4O6/c1-23(17-18-24-11-5-2-6-12-24)21-28(38-34(42)43)31(40)36-27(20-19-25-13-7-3-8-14-25)30(39)33-37-29(22-44-33)32(41)35-26-15-9-4-10-16-26/h2-16,22-23,27-28,38H,17-21H2,1H3,(H,35,41)(H,36,40)(H,42,43). The molecule has 0 aliphatic carbocycles. The molecule has 3 atom stereocenters. The summed E-state index contributed by atoms with van der Waals surface area (Å²) in [4.78, 5) is 55.4. The van der Waals surface area contributed by atoms with Crippen molar-refractivity contribution < 1.29 is 28.7 Å². The van der Waals surface area contributed by atoms with Crippen LogP contribution in [0.3, 0.4) is 0 Å². The Labute approximate surface area is 255 Å². The van der Waals surface area contributed by atoms with Gasteiger partial charge >= 0.3 is 6.09 Å². The van der Waals surface area contributed by atoms with Crippen molar-refractivity contribution in [2.75, 3.05) is 5.32 Å². The maximum absolute atomic E-state index is 13.6. The molecule has 10 nitrogen and oxygen atoms in total. The Morgan fingerprint density at radius 1 is 0.773 bits per heavy atom. The molecular formula is C34H36N4O6. The molecule has 0 aliphatic rings. The molecule has 3 unspecified atom stereocenters. The molecule has 0 aliphatic heterocycles. The lowest BCUT2D eigenvalue weighted by molar-refractivity contribution is -0.124. The molecule has 3 amide bonds. The van der Waals surface area contributed by atoms with Gasteiger partial charge in [0.15, 0.2) is 5.69 Å². The summed E-state index contributed by atoms with van der Waals surface area (Å²) in [6.45, 7) is 1.96. The number of carboxylic acid groups (broad SMARTS) is 1. The first kappa shape index (κ1) is 31.7. The van der Waals surface area contributed by atoms with E-state index in [4.69, 9.17) is 4.42 Å². The summed E-state index contributed by atoms with van der Waals surface area (Å²) in [5.41, 5.74) is 2.56. The highest BCUT2D eigenvalue weighted by molar-refractivity contribution is 6.04. The van der Waals surface area contributed by atoms with Gasteiger partial charge in [-0.3, -0.25) is 14.4 Å². The van der Waals surface area contributed by atoms with Crippen molar-refractivity contribution in [2.24, 2.45) is 5.92 Å². The van der Waals surface area contributed by atoms with Gasteiger partial charge in [-0.05, 0) is 61.3 Å². The van der Waals surface area contributed by atoms with Gasteiger partial charge in [0.05, 0.1) is 6.04 Å². The van der Waals surface area contributed by atoms with E-state index in [0.717, 1.165) is 30.2 Å². The molecule has 0 bridgehead atoms. The third-order valence-corrected chi connectivity index (χ3v) is 7.20. The topological polar surface area (TPSA) is 151 Å². The average Bonchev–Trinajstić information content (AvgIpc) is 3.53. The number of amides is 3. The fourth-order valence-electron chi connectivity index (χ4n) is 4.81. The quantitative estimate of drug-likeness (QED) is 0.132. The van der Waals surface area contributed by atoms with Gasteiger partial charge in [-0.2, -0.15) is 0 Å². The van der Waals surface area contributed by atoms with Crippen LogP contribution >= 0.6 is 0 Å². The molecule has 10 heteroatoms. The molecule has 4 aromatic rings. The molecule has 44 heavy (non-hydrogen) atoms. The lowest BCUT2D eigenvalue weighted by Gasteiger charge is -2.23. The maximum Gasteiger partial charge on any atom is 0.405 e. The number of benzene rings is 3. The highest BCUT2D eigenvalue weighted by atomic mass is 16.4. The Morgan fingerprint density at radius 3 is 1.93 bits per heavy atom. The minimum absolute atomic E-state index is 0.00806. The summed E-state index contributed by atoms with van der Waals surface area (Å²) >= 11 is 0. The van der Waals surface area contributed by atoms with Gasteiger partial charge in [-0.15, -0.1) is 0 Å². The van der Waals surface area contributed by atoms with E-state index in [1.54, 1.807) is 24.3 Å². The number of hydrogen-bond acceptors (Lipinski definition) is 6. The van der Waals surface area contributed by atoms with Crippen LogP contribution < -0.4 is 16.0 Å². The zero-order valence-corrected chi connectivity index (χ0v) is 24.4. The van der Waals surface area contributed by atoms with E-state index in [9.17, 15) is 24.3 Å². The Bertz CT molecular complexity index is 1530. The van der Waals surface area contributed by atoms with E-state index in [0.29, 0.717) is 12.1 Å². The molecule has 3 aromatic carbocycles. The van der Waals surface area contributed by atoms with Gasteiger partial charge in [0.25, 0.3) is 11.8 Å². The molecule has 0 radical (unpaired) electrons. The number of Topliss-reactive ketones (excluding diaryl/α,β-unsaturated/α-hetero) is 1. The van der Waals surface area contributed by atoms with Crippen molar-refractivity contribution in [3.8, 4) is 0 Å². The molecule has 0 fully saturated rings. The number of para-hydroxylation sites is 1. The zero-order chi connectivity index (χ0) is 31.3. The van der Waals surface area contributed by atoms with E-state index < -0.39 is 35.8 Å². The van der Waals surface area contributed by atoms with E-state index in [2.05, 4.69) is 20.9 Å². The van der Waals surface area contributed by atoms with Gasteiger partial charge in [-0.1, -0.05) is 85.8 Å². The Morgan fingerprint density at radius 2 is 1.34 bits per heavy atom. The Hall–Kier alpha value is -5.25. The molecule has 0 spiro atoms. The monoisotopic (exact) mass is 596 g/mol. The van der Waals surface area contributed by atoms with Crippen LogP contribution in [0.15, 0.2) is 102 Å². The molecular weight excluding hydrogens is 560 g/mol. The number of carbonyl (C=O) groups excluding carboxylic acids is 3. The van der Waals surface area contributed by atoms with Gasteiger partial charge in [0.1, 0.15) is 12.3 Å². The number of aromatic nitrogens is 1. The van der Waals surface area contributed by atoms with Crippen LogP contribution in [0.1, 0.15) is 58.5 Å². The SMILES string of the molecule is CC(CCc1ccccc1)CC(NC(=O)O)C(=O)NC(CCc1ccccc1)C(=O)c1nc(C(=O)Nc2ccccc2)co1. The van der Waals surface area contributed by atoms with Crippen molar-refractivity contribution in [3.63, 3.8) is 0 Å². The molecule has 4 N–H and O–H groups in total. The molecule has 1 heterocycles. The first-order chi connectivity index (χ1) is 21.3. The first-order valence-electron chi connectivity index (χ1n) is 14.5. The van der Waals surface area contributed by atoms with E-state index >= 15 is 0 Å². The van der Waals surface area contributed by atoms with Gasteiger partial charge in [0, 0.05) is 5.69 Å². The zero-order valence-electron chi connectivity index (χ0n) is 24.4. The minimum Gasteiger partial charge on any atom is -0.465 e. The van der Waals surface area contributed by atoms with Crippen molar-refractivity contribution in [3.05, 3.63) is 120 Å². The number of aryl methyl sites for hydroxylation is 2. The van der Waals surface area contributed by atoms with E-state index in [1.165, 1.54) is 0 Å². The number of nitrogens with zero attached hydrogens (tertiary/aromatic N) is 1. The second-order valence-electron chi connectivity index (χ2n) is 10.7. The molecule has 0 saturated carbocycles. The number of oxazole rings is 1. The normalized spacial score (nSPS) is 12.8. The largest absolute Gasteiger partial charge is 0.465 e. The molecule has 1 aromatic heterocycles. The van der Waals surface area contributed by atoms with Crippen molar-refractivity contribution >= 4 is 29.4 Å². The smallest absolute Gasteiger partial charge is 0.405 e. The van der Waals surface area contributed by atoms with E-state index in [-0.39, 0.29) is 30.3 Å². The number of rotatable bonds is 15. The fraction of sp³-hybridized carbons (Fsp3) is 0.265. The number of carbonyl (C=O) groups is 4. The summed E-state index contributed by atoms with van der Waals surface area (Å²) in [5.74, 6) is -2.13. The third kappa shape index (κ3) is 9.65. The predicted octanol–water partition coefficient (Wildman–Crippen LogP) is 5.52. The second-order valence-corrected chi connectivity index (χ2v) is 10.7. The summed E-state index contributed by atoms with van der Waals surface area (Å²) in [5, 5.41) is 17.2. The average molecular weight is 597 g/mol. The fourth-order valence-corrected chi connectivity index (χ4v) is 4.81. The van der Waals surface area contributed by atoms with Crippen molar-refractivity contribution in [2.45, 2.75) is 51.1 Å². The lowest BCUT2D eigenvalue weighted by Crippen LogP contribution is -2.52. The Balaban J connectivity index is 1.46. The van der Waals surface area contributed by atoms with E-state index in [1.807, 2.05) is 73.7 Å². The van der Waals surface area contributed by atoms with Crippen LogP contribution in [-0.2, 0) is 17.6 Å². The van der Waals surface area contributed by atoms with Crippen LogP contribution in [0.25, 0.3) is 0 Å². The highest BCUT2D eigenvalue weighted by Crippen LogP contribution is 2.17. The number of nitrogens with one attached hydrogen (secondary N) is 3. The van der Waals surface area contributed by atoms with Gasteiger partial charge in [0.2, 0.25) is 11.7 Å². The van der Waals surface area contributed by atoms with Crippen LogP contribution in [0, 0.1) is 5.92 Å². The second kappa shape index (κ2) is 15.8. The number of anilines is 1. The summed E-state index contributed by atoms with van der Waals surface area (Å²) in [6, 6.07) is 26.0. The molecule has 0 saturated heterocycles. The summed E-state index contributed by atoms with van der Waals surface area (Å²) in [6.07, 6.45) is 2.17. The Kier molecular flexibility index (Phi) is 11.4. The van der Waals surface area contributed by atoms with Crippen LogP contribution in [0.2, 0.25) is 0 Å². The van der Waals surface area contributed by atoms with Crippen molar-refractivity contribution in [1.29, 1.82) is 0 Å². The summed E-state index contributed by atoms with van der Waals surface area (Å²) in [7, 11) is 0. The predicted molar refractivity (Wildman–Crippen MR) is 165 cm³/mol. The highest BCUT2D eigenvalue weighted by Gasteiger charge is 2.31. The third-order valence-electron chi connectivity index (χ3n) is 7.20. The first-order valence-corrected chi connectivity index (χ1v) is 14.5. The number of ketones is 1. The van der Waals surface area contributed by atoms with Gasteiger partial charge < -0.3 is 25.5 Å². The van der Waals surface area contributed by atoms with Crippen LogP contribution in [-0.4, -0.2) is 45.9 Å². The van der Waals surface area contributed by atoms with Crippen LogP contribution in [0.4, 0.5) is 10.5 Å². The number of hydrogen-bond donors (Lipinski definition) is 4. The van der Waals surface area contributed by atoms with Crippen LogP contribution in [0.5, 0.6) is 0 Å². The van der Waals surface area contributed by atoms with Crippen molar-refractivity contribution in [1.82, 2.24) is 15.6 Å². The summed E-state index contributed by atoms with van der Waals surface area (Å²) < 4.78 is 5.38. The lowest BCUT2D eigenvalue weighted by atomic mass is 9.94. The molecule has 4 rings (SSSR count). The maximum atomic E-state index is 13.6. The van der Waals surface area contributed by atoms with Gasteiger partial charge in [-0.25, -0.2) is 9.78 Å². The minimum atomic E-state index is -1.34. The molecule has 228 valence electrons.